The fourth-order valence-corrected chi connectivity index (χ4v) is 2.61. The minimum Gasteiger partial charge on any atom is -0.465 e. The molecule has 5 nitrogen and oxygen atoms in total. The van der Waals surface area contributed by atoms with Crippen LogP contribution in [0, 0.1) is 0 Å². The first-order chi connectivity index (χ1) is 8.42. The number of benzene rings is 1. The molecule has 0 saturated carbocycles. The van der Waals surface area contributed by atoms with E-state index in [9.17, 15) is 13.2 Å². The number of carbonyl (C=O) groups excluding carboxylic acids is 1. The van der Waals surface area contributed by atoms with E-state index in [2.05, 4.69) is 9.46 Å². The van der Waals surface area contributed by atoms with Crippen molar-refractivity contribution in [3.63, 3.8) is 0 Å². The normalized spacial score (nSPS) is 11.3. The van der Waals surface area contributed by atoms with Crippen molar-refractivity contribution in [3.05, 3.63) is 28.8 Å². The smallest absolute Gasteiger partial charge is 0.339 e. The average molecular weight is 292 g/mol. The van der Waals surface area contributed by atoms with E-state index in [4.69, 9.17) is 11.6 Å². The summed E-state index contributed by atoms with van der Waals surface area (Å²) in [6, 6.07) is 3.90. The number of ether oxygens (including phenoxy) is 1. The van der Waals surface area contributed by atoms with Gasteiger partial charge in [-0.3, -0.25) is 0 Å². The lowest BCUT2D eigenvalue weighted by Crippen LogP contribution is -2.24. The topological polar surface area (TPSA) is 72.5 Å². The molecule has 0 aromatic heterocycles. The summed E-state index contributed by atoms with van der Waals surface area (Å²) in [5.41, 5.74) is 0.0264. The van der Waals surface area contributed by atoms with Crippen LogP contribution in [0.3, 0.4) is 0 Å². The molecule has 0 unspecified atom stereocenters. The fraction of sp³-hybridized carbons (Fsp3) is 0.364. The summed E-state index contributed by atoms with van der Waals surface area (Å²) in [4.78, 5) is 11.4. The van der Waals surface area contributed by atoms with E-state index < -0.39 is 16.0 Å². The van der Waals surface area contributed by atoms with Crippen LogP contribution in [0.4, 0.5) is 0 Å². The first kappa shape index (κ1) is 14.9. The van der Waals surface area contributed by atoms with Gasteiger partial charge in [-0.25, -0.2) is 17.9 Å². The van der Waals surface area contributed by atoms with Gasteiger partial charge < -0.3 is 4.74 Å². The summed E-state index contributed by atoms with van der Waals surface area (Å²) in [6.45, 7) is 2.18. The van der Waals surface area contributed by atoms with E-state index in [1.165, 1.54) is 25.3 Å². The third kappa shape index (κ3) is 3.44. The predicted octanol–water partition coefficient (Wildman–Crippen LogP) is 1.81. The molecule has 0 saturated heterocycles. The summed E-state index contributed by atoms with van der Waals surface area (Å²) in [5, 5.41) is 0.149. The van der Waals surface area contributed by atoms with Crippen LogP contribution in [0.25, 0.3) is 0 Å². The van der Waals surface area contributed by atoms with E-state index in [1.807, 2.05) is 6.92 Å². The standard InChI is InChI=1S/C11H14ClNO4S/c1-3-6-13-18(15,16)8-4-5-10(12)9(7-8)11(14)17-2/h4-5,7,13H,3,6H2,1-2H3. The third-order valence-corrected chi connectivity index (χ3v) is 3.98. The summed E-state index contributed by atoms with van der Waals surface area (Å²) in [7, 11) is -2.42. The highest BCUT2D eigenvalue weighted by Gasteiger charge is 2.18. The van der Waals surface area contributed by atoms with Crippen LogP contribution >= 0.6 is 11.6 Å². The van der Waals surface area contributed by atoms with Gasteiger partial charge in [0.2, 0.25) is 10.0 Å². The zero-order valence-corrected chi connectivity index (χ0v) is 11.6. The van der Waals surface area contributed by atoms with Gasteiger partial charge in [0.25, 0.3) is 0 Å². The molecule has 0 aliphatic rings. The van der Waals surface area contributed by atoms with Gasteiger partial charge in [0.05, 0.1) is 22.6 Å². The molecule has 0 radical (unpaired) electrons. The molecule has 0 atom stereocenters. The second-order valence-corrected chi connectivity index (χ2v) is 5.71. The average Bonchev–Trinajstić information content (AvgIpc) is 2.35. The molecule has 1 aromatic carbocycles. The number of rotatable bonds is 5. The van der Waals surface area contributed by atoms with Gasteiger partial charge >= 0.3 is 5.97 Å². The van der Waals surface area contributed by atoms with Crippen LogP contribution in [0.5, 0.6) is 0 Å². The minimum absolute atomic E-state index is 0.0132. The van der Waals surface area contributed by atoms with Gasteiger partial charge in [-0.2, -0.15) is 0 Å². The number of nitrogens with one attached hydrogen (secondary N) is 1. The molecule has 0 spiro atoms. The maximum Gasteiger partial charge on any atom is 0.339 e. The monoisotopic (exact) mass is 291 g/mol. The Morgan fingerprint density at radius 1 is 1.44 bits per heavy atom. The summed E-state index contributed by atoms with van der Waals surface area (Å²) >= 11 is 5.81. The maximum absolute atomic E-state index is 11.9. The Labute approximate surface area is 111 Å². The van der Waals surface area contributed by atoms with Gasteiger partial charge in [-0.05, 0) is 24.6 Å². The van der Waals surface area contributed by atoms with Crippen molar-refractivity contribution >= 4 is 27.6 Å². The number of esters is 1. The molecular formula is C11H14ClNO4S. The van der Waals surface area contributed by atoms with Gasteiger partial charge in [0, 0.05) is 6.54 Å². The highest BCUT2D eigenvalue weighted by Crippen LogP contribution is 2.21. The Kier molecular flexibility index (Phi) is 5.13. The van der Waals surface area contributed by atoms with Crippen molar-refractivity contribution in [1.29, 1.82) is 0 Å². The molecule has 7 heteroatoms. The predicted molar refractivity (Wildman–Crippen MR) is 68.3 cm³/mol. The number of methoxy groups -OCH3 is 1. The second kappa shape index (κ2) is 6.17. The van der Waals surface area contributed by atoms with Crippen molar-refractivity contribution in [2.24, 2.45) is 0 Å². The highest BCUT2D eigenvalue weighted by molar-refractivity contribution is 7.89. The summed E-state index contributed by atoms with van der Waals surface area (Å²) in [6.07, 6.45) is 0.677. The van der Waals surface area contributed by atoms with Crippen molar-refractivity contribution < 1.29 is 17.9 Å². The molecule has 0 fully saturated rings. The first-order valence-corrected chi connectivity index (χ1v) is 7.16. The summed E-state index contributed by atoms with van der Waals surface area (Å²) in [5.74, 6) is -0.674. The Hall–Kier alpha value is -1.11. The lowest BCUT2D eigenvalue weighted by Gasteiger charge is -2.08. The van der Waals surface area contributed by atoms with E-state index in [0.717, 1.165) is 0 Å². The molecule has 1 aromatic rings. The van der Waals surface area contributed by atoms with Crippen LogP contribution in [-0.4, -0.2) is 28.0 Å². The molecule has 100 valence electrons. The molecule has 18 heavy (non-hydrogen) atoms. The molecule has 1 N–H and O–H groups in total. The molecule has 0 heterocycles. The Bertz CT molecular complexity index is 542. The van der Waals surface area contributed by atoms with Crippen molar-refractivity contribution in [1.82, 2.24) is 4.72 Å². The van der Waals surface area contributed by atoms with Gasteiger partial charge in [-0.15, -0.1) is 0 Å². The zero-order valence-electron chi connectivity index (χ0n) is 10.1. The summed E-state index contributed by atoms with van der Waals surface area (Å²) < 4.78 is 30.7. The second-order valence-electron chi connectivity index (χ2n) is 3.53. The Morgan fingerprint density at radius 2 is 2.11 bits per heavy atom. The largest absolute Gasteiger partial charge is 0.465 e. The highest BCUT2D eigenvalue weighted by atomic mass is 35.5. The van der Waals surface area contributed by atoms with Gasteiger partial charge in [0.15, 0.2) is 0 Å². The molecule has 0 aliphatic heterocycles. The van der Waals surface area contributed by atoms with Crippen LogP contribution in [0.2, 0.25) is 5.02 Å². The van der Waals surface area contributed by atoms with Crippen molar-refractivity contribution in [2.45, 2.75) is 18.2 Å². The fourth-order valence-electron chi connectivity index (χ4n) is 1.26. The van der Waals surface area contributed by atoms with E-state index in [-0.39, 0.29) is 15.5 Å². The first-order valence-electron chi connectivity index (χ1n) is 5.30. The molecule has 0 aliphatic carbocycles. The lowest BCUT2D eigenvalue weighted by molar-refractivity contribution is 0.0600. The number of hydrogen-bond acceptors (Lipinski definition) is 4. The number of halogens is 1. The Balaban J connectivity index is 3.16. The quantitative estimate of drug-likeness (QED) is 0.840. The van der Waals surface area contributed by atoms with Crippen molar-refractivity contribution in [2.75, 3.05) is 13.7 Å². The Morgan fingerprint density at radius 3 is 2.67 bits per heavy atom. The molecule has 0 bridgehead atoms. The van der Waals surface area contributed by atoms with Crippen LogP contribution < -0.4 is 4.72 Å². The molecule has 1 rings (SSSR count). The third-order valence-electron chi connectivity index (χ3n) is 2.20. The van der Waals surface area contributed by atoms with Crippen LogP contribution in [0.15, 0.2) is 23.1 Å². The van der Waals surface area contributed by atoms with Gasteiger partial charge in [-0.1, -0.05) is 18.5 Å². The molecule has 0 amide bonds. The SMILES string of the molecule is CCCNS(=O)(=O)c1ccc(Cl)c(C(=O)OC)c1. The van der Waals surface area contributed by atoms with E-state index in [1.54, 1.807) is 0 Å². The van der Waals surface area contributed by atoms with Crippen LogP contribution in [0.1, 0.15) is 23.7 Å². The number of hydrogen-bond donors (Lipinski definition) is 1. The number of carbonyl (C=O) groups is 1. The number of sulfonamides is 1. The maximum atomic E-state index is 11.9. The zero-order chi connectivity index (χ0) is 13.8. The lowest BCUT2D eigenvalue weighted by atomic mass is 10.2. The van der Waals surface area contributed by atoms with Crippen LogP contribution in [-0.2, 0) is 14.8 Å². The van der Waals surface area contributed by atoms with Crippen molar-refractivity contribution in [3.8, 4) is 0 Å². The van der Waals surface area contributed by atoms with Gasteiger partial charge in [0.1, 0.15) is 0 Å². The minimum atomic E-state index is -3.62. The van der Waals surface area contributed by atoms with E-state index in [0.29, 0.717) is 13.0 Å². The van der Waals surface area contributed by atoms with E-state index >= 15 is 0 Å². The molecular weight excluding hydrogens is 278 g/mol.